The zero-order valence-corrected chi connectivity index (χ0v) is 42.6. The number of nitrogens with zero attached hydrogens (tertiary/aromatic N) is 4. The van der Waals surface area contributed by atoms with Gasteiger partial charge in [-0.05, 0) is 131 Å². The van der Waals surface area contributed by atoms with E-state index in [2.05, 4.69) is 93.3 Å². The van der Waals surface area contributed by atoms with Gasteiger partial charge in [0.2, 0.25) is 0 Å². The van der Waals surface area contributed by atoms with Crippen molar-refractivity contribution in [3.8, 4) is 60.7 Å². The third-order valence-electron chi connectivity index (χ3n) is 14.2. The molecule has 356 valence electrons. The molecule has 8 nitrogen and oxygen atoms in total. The summed E-state index contributed by atoms with van der Waals surface area (Å²) in [5.74, 6) is 0.327. The Balaban J connectivity index is 1.13. The van der Waals surface area contributed by atoms with Crippen molar-refractivity contribution in [2.75, 3.05) is 4.90 Å². The lowest BCUT2D eigenvalue weighted by atomic mass is 9.70. The molecular formula is C59H58N4O4S3. The minimum atomic E-state index is -1.23. The first kappa shape index (κ1) is 48.4. The number of rotatable bonds is 20. The Bertz CT molecular complexity index is 3120. The first-order valence-electron chi connectivity index (χ1n) is 24.6. The number of benzene rings is 5. The summed E-state index contributed by atoms with van der Waals surface area (Å²) in [6, 6.07) is 41.6. The van der Waals surface area contributed by atoms with E-state index < -0.39 is 5.97 Å². The summed E-state index contributed by atoms with van der Waals surface area (Å²) in [7, 11) is 0. The Morgan fingerprint density at radius 3 is 1.61 bits per heavy atom. The molecule has 2 atom stereocenters. The zero-order chi connectivity index (χ0) is 48.9. The van der Waals surface area contributed by atoms with Gasteiger partial charge in [0.15, 0.2) is 0 Å². The maximum absolute atomic E-state index is 11.6. The number of fused-ring (bicyclic) bond motifs is 4. The van der Waals surface area contributed by atoms with E-state index >= 15 is 0 Å². The topological polar surface area (TPSA) is 131 Å². The summed E-state index contributed by atoms with van der Waals surface area (Å²) in [4.78, 5) is 19.1. The normalized spacial score (nSPS) is 15.1. The fourth-order valence-corrected chi connectivity index (χ4v) is 13.8. The van der Waals surface area contributed by atoms with Crippen LogP contribution in [0.1, 0.15) is 107 Å². The smallest absolute Gasteiger partial charge is 0.346 e. The number of aliphatic carboxylic acids is 1. The minimum Gasteiger partial charge on any atom is -0.508 e. The predicted molar refractivity (Wildman–Crippen MR) is 291 cm³/mol. The van der Waals surface area contributed by atoms with Crippen LogP contribution in [0.15, 0.2) is 127 Å². The van der Waals surface area contributed by atoms with Gasteiger partial charge in [0, 0.05) is 53.1 Å². The van der Waals surface area contributed by atoms with Gasteiger partial charge in [0.1, 0.15) is 34.2 Å². The highest BCUT2D eigenvalue weighted by Gasteiger charge is 2.48. The number of carbonyl (C=O) groups is 1. The number of phenols is 2. The van der Waals surface area contributed by atoms with Gasteiger partial charge < -0.3 is 20.2 Å². The van der Waals surface area contributed by atoms with Gasteiger partial charge in [-0.15, -0.1) is 22.7 Å². The lowest BCUT2D eigenvalue weighted by Gasteiger charge is -2.37. The summed E-state index contributed by atoms with van der Waals surface area (Å²) in [5.41, 5.74) is 11.6. The molecule has 1 aliphatic carbocycles. The van der Waals surface area contributed by atoms with Crippen molar-refractivity contribution in [2.24, 2.45) is 11.8 Å². The number of thiophene rings is 2. The molecule has 0 spiro atoms. The number of aromatic hydroxyl groups is 2. The Morgan fingerprint density at radius 2 is 1.11 bits per heavy atom. The number of aromatic nitrogens is 2. The molecule has 0 saturated heterocycles. The van der Waals surface area contributed by atoms with Crippen molar-refractivity contribution < 1.29 is 20.1 Å². The lowest BCUT2D eigenvalue weighted by Crippen LogP contribution is -2.30. The first-order chi connectivity index (χ1) is 34.1. The molecule has 3 heterocycles. The van der Waals surface area contributed by atoms with Gasteiger partial charge in [-0.3, -0.25) is 0 Å². The van der Waals surface area contributed by atoms with Gasteiger partial charge in [0.25, 0.3) is 0 Å². The van der Waals surface area contributed by atoms with Crippen molar-refractivity contribution in [2.45, 2.75) is 97.3 Å². The summed E-state index contributed by atoms with van der Waals surface area (Å²) >= 11 is 5.14. The number of unbranched alkanes of at least 4 members (excludes halogenated alkanes) is 2. The van der Waals surface area contributed by atoms with E-state index in [4.69, 9.17) is 8.75 Å². The first-order valence-corrected chi connectivity index (χ1v) is 26.9. The predicted octanol–water partition coefficient (Wildman–Crippen LogP) is 17.2. The van der Waals surface area contributed by atoms with Crippen molar-refractivity contribution in [3.05, 3.63) is 142 Å². The van der Waals surface area contributed by atoms with E-state index in [0.29, 0.717) is 17.4 Å². The average Bonchev–Trinajstić information content (AvgIpc) is 4.19. The highest BCUT2D eigenvalue weighted by atomic mass is 32.1. The number of carboxylic acid groups (broad SMARTS) is 1. The highest BCUT2D eigenvalue weighted by Crippen LogP contribution is 2.63. The number of nitriles is 1. The number of anilines is 3. The van der Waals surface area contributed by atoms with E-state index in [9.17, 15) is 25.4 Å². The maximum atomic E-state index is 11.6. The monoisotopic (exact) mass is 982 g/mol. The van der Waals surface area contributed by atoms with Crippen LogP contribution in [-0.2, 0) is 10.2 Å². The van der Waals surface area contributed by atoms with Crippen LogP contribution in [0.2, 0.25) is 0 Å². The molecule has 9 rings (SSSR count). The van der Waals surface area contributed by atoms with Gasteiger partial charge in [-0.25, -0.2) is 4.79 Å². The SMILES string of the molecule is CCCCC(CC)CC1(CC(CC)CCCC)c2sc(-c3ccc(/C=C(\C#N)C(=O)O)cc3)cc2-c2cc(-c3ccc(-c4ccc(N(c5ccc(O)cc5)c5ccc(O)cc5)cc4)c4nsnc34)sc21. The van der Waals surface area contributed by atoms with Gasteiger partial charge in [-0.1, -0.05) is 128 Å². The van der Waals surface area contributed by atoms with Crippen LogP contribution in [0.3, 0.4) is 0 Å². The summed E-state index contributed by atoms with van der Waals surface area (Å²) in [5, 5.41) is 39.0. The van der Waals surface area contributed by atoms with Crippen LogP contribution >= 0.6 is 34.4 Å². The molecule has 0 amide bonds. The molecule has 3 aromatic heterocycles. The van der Waals surface area contributed by atoms with E-state index in [1.807, 2.05) is 59.1 Å². The Kier molecular flexibility index (Phi) is 14.7. The van der Waals surface area contributed by atoms with E-state index in [1.54, 1.807) is 30.3 Å². The molecule has 8 aromatic rings. The van der Waals surface area contributed by atoms with Crippen molar-refractivity contribution in [1.29, 1.82) is 5.26 Å². The molecule has 0 saturated carbocycles. The largest absolute Gasteiger partial charge is 0.508 e. The molecule has 0 fully saturated rings. The van der Waals surface area contributed by atoms with Crippen LogP contribution < -0.4 is 4.90 Å². The van der Waals surface area contributed by atoms with Crippen LogP contribution in [0.5, 0.6) is 11.5 Å². The molecule has 1 aliphatic rings. The quantitative estimate of drug-likeness (QED) is 0.0508. The second-order valence-corrected chi connectivity index (χ2v) is 21.3. The summed E-state index contributed by atoms with van der Waals surface area (Å²) in [6.07, 6.45) is 13.2. The maximum Gasteiger partial charge on any atom is 0.346 e. The zero-order valence-electron chi connectivity index (χ0n) is 40.1. The Morgan fingerprint density at radius 1 is 0.643 bits per heavy atom. The van der Waals surface area contributed by atoms with Gasteiger partial charge in [0.05, 0.1) is 11.7 Å². The molecule has 5 aromatic carbocycles. The van der Waals surface area contributed by atoms with E-state index in [1.165, 1.54) is 87.0 Å². The van der Waals surface area contributed by atoms with Crippen molar-refractivity contribution in [1.82, 2.24) is 8.75 Å². The number of hydrogen-bond acceptors (Lipinski definition) is 10. The lowest BCUT2D eigenvalue weighted by molar-refractivity contribution is -0.132. The molecule has 70 heavy (non-hydrogen) atoms. The van der Waals surface area contributed by atoms with E-state index in [-0.39, 0.29) is 22.5 Å². The molecular weight excluding hydrogens is 925 g/mol. The van der Waals surface area contributed by atoms with Crippen LogP contribution in [0.25, 0.3) is 60.2 Å². The number of phenolic OH excluding ortho intramolecular Hbond substituents is 2. The Hall–Kier alpha value is -6.58. The van der Waals surface area contributed by atoms with Crippen LogP contribution in [0.4, 0.5) is 17.1 Å². The average molecular weight is 983 g/mol. The van der Waals surface area contributed by atoms with Gasteiger partial charge in [-0.2, -0.15) is 14.0 Å². The number of carboxylic acids is 1. The van der Waals surface area contributed by atoms with Crippen molar-refractivity contribution >= 4 is 74.5 Å². The highest BCUT2D eigenvalue weighted by molar-refractivity contribution is 7.18. The molecule has 11 heteroatoms. The third kappa shape index (κ3) is 9.65. The fraction of sp³-hybridized carbons (Fsp3) is 0.288. The fourth-order valence-electron chi connectivity index (χ4n) is 10.4. The summed E-state index contributed by atoms with van der Waals surface area (Å²) < 4.78 is 9.93. The number of hydrogen-bond donors (Lipinski definition) is 3. The third-order valence-corrected chi connectivity index (χ3v) is 17.5. The molecule has 0 radical (unpaired) electrons. The summed E-state index contributed by atoms with van der Waals surface area (Å²) in [6.45, 7) is 9.35. The van der Waals surface area contributed by atoms with Crippen molar-refractivity contribution in [3.63, 3.8) is 0 Å². The van der Waals surface area contributed by atoms with E-state index in [0.717, 1.165) is 76.0 Å². The molecule has 2 unspecified atom stereocenters. The Labute approximate surface area is 423 Å². The molecule has 0 aliphatic heterocycles. The standard InChI is InChI=1S/C59H58N4O4S3/c1-5-9-11-37(7-3)34-59(35-38(8-4)12-10-6-2)56-50(32-52(68-56)41-15-13-39(14-16-41)31-42(36-60)58(66)67)51-33-53(69-57(51)59)49-30-29-48(54-55(49)62-70-61-54)40-17-19-43(20-18-40)63(44-21-25-46(64)26-22-44)45-23-27-47(65)28-24-45/h13-33,37-38,64-65H,5-12,34-35H2,1-4H3,(H,66,67)/b42-31+. The van der Waals surface area contributed by atoms with Gasteiger partial charge >= 0.3 is 5.97 Å². The molecule has 0 bridgehead atoms. The van der Waals surface area contributed by atoms with Crippen LogP contribution in [0, 0.1) is 23.2 Å². The second kappa shape index (κ2) is 21.2. The van der Waals surface area contributed by atoms with Crippen LogP contribution in [-0.4, -0.2) is 30.0 Å². The minimum absolute atomic E-state index is 0.138. The molecule has 3 N–H and O–H groups in total. The second-order valence-electron chi connectivity index (χ2n) is 18.7.